The Bertz CT molecular complexity index is 4000. The minimum Gasteiger partial charge on any atom is -0.310 e. The zero-order chi connectivity index (χ0) is 45.7. The van der Waals surface area contributed by atoms with E-state index in [0.717, 1.165) is 33.9 Å². The van der Waals surface area contributed by atoms with Gasteiger partial charge in [0.2, 0.25) is 0 Å². The Morgan fingerprint density at radius 2 is 0.754 bits per heavy atom. The third-order valence-corrected chi connectivity index (χ3v) is 14.7. The van der Waals surface area contributed by atoms with E-state index in [4.69, 9.17) is 0 Å². The summed E-state index contributed by atoms with van der Waals surface area (Å²) >= 11 is 1.86. The van der Waals surface area contributed by atoms with Crippen molar-refractivity contribution in [3.05, 3.63) is 267 Å². The molecule has 0 radical (unpaired) electrons. The normalized spacial score (nSPS) is 11.5. The summed E-state index contributed by atoms with van der Waals surface area (Å²) in [4.78, 5) is 2.36. The molecule has 0 spiro atoms. The van der Waals surface area contributed by atoms with Gasteiger partial charge in [0.1, 0.15) is 0 Å². The van der Waals surface area contributed by atoms with Crippen molar-refractivity contribution >= 4 is 70.4 Å². The first-order chi connectivity index (χ1) is 34.2. The molecule has 11 aromatic carbocycles. The van der Waals surface area contributed by atoms with Gasteiger partial charge < -0.3 is 9.47 Å². The maximum absolute atomic E-state index is 2.47. The van der Waals surface area contributed by atoms with Gasteiger partial charge >= 0.3 is 0 Å². The van der Waals surface area contributed by atoms with Gasteiger partial charge in [0, 0.05) is 53.6 Å². The first kappa shape index (κ1) is 40.5. The number of para-hydroxylation sites is 2. The summed E-state index contributed by atoms with van der Waals surface area (Å²) in [5, 5.41) is 5.10. The molecule has 0 unspecified atom stereocenters. The van der Waals surface area contributed by atoms with Crippen LogP contribution in [-0.4, -0.2) is 4.57 Å². The van der Waals surface area contributed by atoms with E-state index in [1.54, 1.807) is 0 Å². The SMILES string of the molecule is c1ccc(-c2ccc(-n3c4ccccc4c4ccc(-c5cccc(-c6cccc(N(c7ccccc7)c7ccc(-c8ccc9sc%10ccccc%10c9c8)cc7)c6)c5)cc43)c(-c3ccccc3)c2)cc1. The number of hydrogen-bond donors (Lipinski definition) is 0. The second-order valence-corrected chi connectivity index (χ2v) is 18.8. The summed E-state index contributed by atoms with van der Waals surface area (Å²) in [5.74, 6) is 0. The number of aromatic nitrogens is 1. The Hall–Kier alpha value is -8.76. The number of thiophene rings is 1. The summed E-state index contributed by atoms with van der Waals surface area (Å²) in [6.45, 7) is 0. The number of fused-ring (bicyclic) bond motifs is 6. The van der Waals surface area contributed by atoms with Crippen molar-refractivity contribution in [1.29, 1.82) is 0 Å². The molecule has 2 heterocycles. The maximum Gasteiger partial charge on any atom is 0.0547 e. The lowest BCUT2D eigenvalue weighted by Gasteiger charge is -2.26. The van der Waals surface area contributed by atoms with Gasteiger partial charge in [-0.05, 0) is 135 Å². The van der Waals surface area contributed by atoms with Gasteiger partial charge in [-0.25, -0.2) is 0 Å². The number of hydrogen-bond acceptors (Lipinski definition) is 2. The van der Waals surface area contributed by atoms with E-state index in [1.165, 1.54) is 86.5 Å². The van der Waals surface area contributed by atoms with Crippen LogP contribution in [0.2, 0.25) is 0 Å². The van der Waals surface area contributed by atoms with Gasteiger partial charge in [0.25, 0.3) is 0 Å². The summed E-state index contributed by atoms with van der Waals surface area (Å²) in [7, 11) is 0. The Morgan fingerprint density at radius 3 is 1.54 bits per heavy atom. The lowest BCUT2D eigenvalue weighted by atomic mass is 9.96. The molecule has 324 valence electrons. The number of benzene rings is 11. The molecule has 0 saturated carbocycles. The van der Waals surface area contributed by atoms with Gasteiger partial charge in [-0.1, -0.05) is 182 Å². The summed E-state index contributed by atoms with van der Waals surface area (Å²) in [6, 6.07) is 97.4. The van der Waals surface area contributed by atoms with Crippen LogP contribution < -0.4 is 4.90 Å². The van der Waals surface area contributed by atoms with Gasteiger partial charge in [0.05, 0.1) is 16.7 Å². The van der Waals surface area contributed by atoms with Crippen LogP contribution in [0.3, 0.4) is 0 Å². The van der Waals surface area contributed by atoms with Crippen LogP contribution in [0.1, 0.15) is 0 Å². The molecule has 0 fully saturated rings. The molecule has 2 nitrogen and oxygen atoms in total. The smallest absolute Gasteiger partial charge is 0.0547 e. The van der Waals surface area contributed by atoms with Gasteiger partial charge in [0.15, 0.2) is 0 Å². The Morgan fingerprint density at radius 1 is 0.261 bits per heavy atom. The van der Waals surface area contributed by atoms with Crippen molar-refractivity contribution in [3.8, 4) is 61.3 Å². The highest BCUT2D eigenvalue weighted by Gasteiger charge is 2.19. The van der Waals surface area contributed by atoms with Crippen molar-refractivity contribution in [1.82, 2.24) is 4.57 Å². The molecule has 0 aliphatic heterocycles. The van der Waals surface area contributed by atoms with Crippen LogP contribution in [0.25, 0.3) is 103 Å². The zero-order valence-corrected chi connectivity index (χ0v) is 38.5. The zero-order valence-electron chi connectivity index (χ0n) is 37.7. The molecule has 0 saturated heterocycles. The molecule has 0 amide bonds. The molecule has 13 rings (SSSR count). The molecule has 0 atom stereocenters. The second kappa shape index (κ2) is 17.2. The standard InChI is InChI=1S/C66H44N2S/c1-4-16-45(17-5-1)51-33-38-63(60(42-51)47-18-6-2-7-19-47)68-62-28-12-10-26-57(62)58-37-32-53(44-64(58)68)49-21-14-20-48(40-49)50-22-15-25-56(41-50)67(54-23-8-3-9-24-54)55-35-30-46(31-36-55)52-34-39-66-61(43-52)59-27-11-13-29-65(59)69-66/h1-44H. The quantitative estimate of drug-likeness (QED) is 0.140. The molecule has 0 aliphatic rings. The fraction of sp³-hybridized carbons (Fsp3) is 0. The lowest BCUT2D eigenvalue weighted by Crippen LogP contribution is -2.09. The van der Waals surface area contributed by atoms with E-state index in [9.17, 15) is 0 Å². The van der Waals surface area contributed by atoms with Gasteiger partial charge in [-0.15, -0.1) is 11.3 Å². The topological polar surface area (TPSA) is 8.17 Å². The van der Waals surface area contributed by atoms with Gasteiger partial charge in [-0.2, -0.15) is 0 Å². The second-order valence-electron chi connectivity index (χ2n) is 17.7. The molecule has 2 aromatic heterocycles. The molecular weight excluding hydrogens is 853 g/mol. The highest BCUT2D eigenvalue weighted by atomic mass is 32.1. The van der Waals surface area contributed by atoms with Crippen LogP contribution in [0.5, 0.6) is 0 Å². The molecule has 13 aromatic rings. The highest BCUT2D eigenvalue weighted by Crippen LogP contribution is 2.42. The predicted octanol–water partition coefficient (Wildman–Crippen LogP) is 19.0. The van der Waals surface area contributed by atoms with E-state index in [2.05, 4.69) is 276 Å². The van der Waals surface area contributed by atoms with Crippen molar-refractivity contribution in [2.45, 2.75) is 0 Å². The molecule has 0 bridgehead atoms. The van der Waals surface area contributed by atoms with E-state index >= 15 is 0 Å². The molecular formula is C66H44N2S. The predicted molar refractivity (Wildman–Crippen MR) is 296 cm³/mol. The van der Waals surface area contributed by atoms with Crippen LogP contribution in [0.15, 0.2) is 267 Å². The fourth-order valence-corrected chi connectivity index (χ4v) is 11.3. The van der Waals surface area contributed by atoms with E-state index < -0.39 is 0 Å². The Kier molecular flexibility index (Phi) is 10.1. The molecule has 0 aliphatic carbocycles. The van der Waals surface area contributed by atoms with Crippen LogP contribution >= 0.6 is 11.3 Å². The summed E-state index contributed by atoms with van der Waals surface area (Å²) < 4.78 is 5.11. The van der Waals surface area contributed by atoms with Crippen LogP contribution in [0, 0.1) is 0 Å². The average Bonchev–Trinajstić information content (AvgIpc) is 3.97. The van der Waals surface area contributed by atoms with Crippen LogP contribution in [-0.2, 0) is 0 Å². The highest BCUT2D eigenvalue weighted by molar-refractivity contribution is 7.25. The first-order valence-corrected chi connectivity index (χ1v) is 24.4. The van der Waals surface area contributed by atoms with Crippen molar-refractivity contribution < 1.29 is 0 Å². The van der Waals surface area contributed by atoms with Crippen molar-refractivity contribution in [3.63, 3.8) is 0 Å². The fourth-order valence-electron chi connectivity index (χ4n) is 10.2. The third kappa shape index (κ3) is 7.37. The van der Waals surface area contributed by atoms with E-state index in [0.29, 0.717) is 0 Å². The van der Waals surface area contributed by atoms with Gasteiger partial charge in [-0.3, -0.25) is 0 Å². The number of rotatable bonds is 9. The molecule has 69 heavy (non-hydrogen) atoms. The Labute approximate surface area is 405 Å². The maximum atomic E-state index is 2.47. The minimum atomic E-state index is 1.10. The minimum absolute atomic E-state index is 1.10. The Balaban J connectivity index is 0.877. The summed E-state index contributed by atoms with van der Waals surface area (Å²) in [6.07, 6.45) is 0. The third-order valence-electron chi connectivity index (χ3n) is 13.6. The van der Waals surface area contributed by atoms with Crippen molar-refractivity contribution in [2.75, 3.05) is 4.90 Å². The largest absolute Gasteiger partial charge is 0.310 e. The number of nitrogens with zero attached hydrogens (tertiary/aromatic N) is 2. The van der Waals surface area contributed by atoms with Crippen LogP contribution in [0.4, 0.5) is 17.1 Å². The average molecular weight is 897 g/mol. The molecule has 3 heteroatoms. The lowest BCUT2D eigenvalue weighted by molar-refractivity contribution is 1.18. The van der Waals surface area contributed by atoms with E-state index in [-0.39, 0.29) is 0 Å². The van der Waals surface area contributed by atoms with Crippen molar-refractivity contribution in [2.24, 2.45) is 0 Å². The molecule has 0 N–H and O–H groups in total. The number of anilines is 3. The first-order valence-electron chi connectivity index (χ1n) is 23.6. The van der Waals surface area contributed by atoms with E-state index in [1.807, 2.05) is 11.3 Å². The monoisotopic (exact) mass is 896 g/mol. The summed E-state index contributed by atoms with van der Waals surface area (Å²) in [5.41, 5.74) is 18.7.